The fourth-order valence-corrected chi connectivity index (χ4v) is 4.24. The molecule has 1 aliphatic rings. The van der Waals surface area contributed by atoms with Gasteiger partial charge < -0.3 is 4.74 Å². The van der Waals surface area contributed by atoms with E-state index in [4.69, 9.17) is 4.74 Å². The van der Waals surface area contributed by atoms with Crippen LogP contribution < -0.4 is 4.72 Å². The highest BCUT2D eigenvalue weighted by atomic mass is 32.2. The molecule has 0 aliphatic carbocycles. The summed E-state index contributed by atoms with van der Waals surface area (Å²) in [6.07, 6.45) is 1.23. The highest BCUT2D eigenvalue weighted by Gasteiger charge is 2.35. The zero-order valence-corrected chi connectivity index (χ0v) is 14.4. The third-order valence-corrected chi connectivity index (χ3v) is 6.01. The first-order valence-electron chi connectivity index (χ1n) is 8.00. The van der Waals surface area contributed by atoms with Crippen molar-refractivity contribution in [1.82, 2.24) is 4.72 Å². The van der Waals surface area contributed by atoms with Crippen LogP contribution >= 0.6 is 0 Å². The van der Waals surface area contributed by atoms with Crippen molar-refractivity contribution < 1.29 is 21.9 Å². The summed E-state index contributed by atoms with van der Waals surface area (Å²) in [5.74, 6) is -0.950. The summed E-state index contributed by atoms with van der Waals surface area (Å²) in [4.78, 5) is -0.117. The number of hydrogen-bond donors (Lipinski definition) is 1. The molecule has 134 valence electrons. The van der Waals surface area contributed by atoms with Gasteiger partial charge in [-0.3, -0.25) is 0 Å². The van der Waals surface area contributed by atoms with Crippen LogP contribution in [0.15, 0.2) is 53.4 Å². The normalized spacial score (nSPS) is 17.4. The molecule has 0 spiro atoms. The first-order valence-corrected chi connectivity index (χ1v) is 9.49. The number of ether oxygens (including phenoxy) is 1. The van der Waals surface area contributed by atoms with E-state index in [1.54, 1.807) is 12.1 Å². The van der Waals surface area contributed by atoms with E-state index in [0.717, 1.165) is 11.6 Å². The van der Waals surface area contributed by atoms with E-state index in [2.05, 4.69) is 4.72 Å². The van der Waals surface area contributed by atoms with E-state index >= 15 is 0 Å². The molecule has 4 nitrogen and oxygen atoms in total. The van der Waals surface area contributed by atoms with Crippen LogP contribution in [0.2, 0.25) is 0 Å². The van der Waals surface area contributed by atoms with E-state index < -0.39 is 21.3 Å². The third kappa shape index (κ3) is 4.05. The minimum Gasteiger partial charge on any atom is -0.381 e. The van der Waals surface area contributed by atoms with Gasteiger partial charge in [-0.05, 0) is 48.7 Å². The second-order valence-corrected chi connectivity index (χ2v) is 7.95. The number of sulfonamides is 1. The van der Waals surface area contributed by atoms with Gasteiger partial charge in [0.2, 0.25) is 10.0 Å². The highest BCUT2D eigenvalue weighted by molar-refractivity contribution is 7.89. The molecule has 0 bridgehead atoms. The molecule has 1 N–H and O–H groups in total. The van der Waals surface area contributed by atoms with Crippen LogP contribution in [0.1, 0.15) is 18.4 Å². The molecule has 7 heteroatoms. The standard InChI is InChI=1S/C18H19F2NO3S/c19-15-6-4-14(5-7-15)18(8-10-24-11-9-18)13-21-25(22,23)17-3-1-2-16(20)12-17/h1-7,12,21H,8-11,13H2. The van der Waals surface area contributed by atoms with Crippen LogP contribution in [0, 0.1) is 11.6 Å². The van der Waals surface area contributed by atoms with Gasteiger partial charge in [0.1, 0.15) is 11.6 Å². The lowest BCUT2D eigenvalue weighted by Crippen LogP contribution is -2.44. The van der Waals surface area contributed by atoms with Gasteiger partial charge in [0, 0.05) is 25.2 Å². The minimum absolute atomic E-state index is 0.117. The van der Waals surface area contributed by atoms with Gasteiger partial charge in [-0.2, -0.15) is 0 Å². The van der Waals surface area contributed by atoms with Crippen molar-refractivity contribution in [2.24, 2.45) is 0 Å². The molecule has 0 radical (unpaired) electrons. The molecule has 0 saturated carbocycles. The van der Waals surface area contributed by atoms with Crippen molar-refractivity contribution in [3.63, 3.8) is 0 Å². The second-order valence-electron chi connectivity index (χ2n) is 6.18. The Morgan fingerprint density at radius 1 is 1.00 bits per heavy atom. The molecule has 2 aromatic carbocycles. The Hall–Kier alpha value is -1.83. The monoisotopic (exact) mass is 367 g/mol. The van der Waals surface area contributed by atoms with Gasteiger partial charge in [0.25, 0.3) is 0 Å². The molecule has 1 heterocycles. The topological polar surface area (TPSA) is 55.4 Å². The zero-order chi connectivity index (χ0) is 17.9. The van der Waals surface area contributed by atoms with Gasteiger partial charge in [0.15, 0.2) is 0 Å². The maximum Gasteiger partial charge on any atom is 0.240 e. The van der Waals surface area contributed by atoms with E-state index in [9.17, 15) is 17.2 Å². The van der Waals surface area contributed by atoms with Gasteiger partial charge in [-0.25, -0.2) is 21.9 Å². The lowest BCUT2D eigenvalue weighted by molar-refractivity contribution is 0.0517. The Morgan fingerprint density at radius 3 is 2.32 bits per heavy atom. The summed E-state index contributed by atoms with van der Waals surface area (Å²) in [6.45, 7) is 1.14. The van der Waals surface area contributed by atoms with Gasteiger partial charge >= 0.3 is 0 Å². The molecular weight excluding hydrogens is 348 g/mol. The van der Waals surface area contributed by atoms with Crippen molar-refractivity contribution in [3.8, 4) is 0 Å². The van der Waals surface area contributed by atoms with E-state index in [-0.39, 0.29) is 17.3 Å². The molecule has 3 rings (SSSR count). The summed E-state index contributed by atoms with van der Waals surface area (Å²) < 4.78 is 59.5. The predicted octanol–water partition coefficient (Wildman–Crippen LogP) is 2.99. The fourth-order valence-electron chi connectivity index (χ4n) is 3.08. The maximum absolute atomic E-state index is 13.3. The molecule has 0 aromatic heterocycles. The number of halogens is 2. The molecular formula is C18H19F2NO3S. The Labute approximate surface area is 145 Å². The quantitative estimate of drug-likeness (QED) is 0.884. The Bertz CT molecular complexity index is 832. The van der Waals surface area contributed by atoms with Crippen LogP contribution in [0.5, 0.6) is 0 Å². The Balaban J connectivity index is 1.85. The summed E-state index contributed by atoms with van der Waals surface area (Å²) in [6, 6.07) is 11.0. The molecule has 1 saturated heterocycles. The minimum atomic E-state index is -3.84. The van der Waals surface area contributed by atoms with Crippen molar-refractivity contribution in [2.45, 2.75) is 23.2 Å². The Kier molecular flexibility index (Phi) is 5.17. The molecule has 0 amide bonds. The molecule has 1 aliphatic heterocycles. The van der Waals surface area contributed by atoms with Crippen molar-refractivity contribution >= 4 is 10.0 Å². The maximum atomic E-state index is 13.3. The van der Waals surface area contributed by atoms with Gasteiger partial charge in [-0.1, -0.05) is 18.2 Å². The van der Waals surface area contributed by atoms with Crippen LogP contribution in [-0.2, 0) is 20.2 Å². The van der Waals surface area contributed by atoms with Crippen LogP contribution in [0.4, 0.5) is 8.78 Å². The lowest BCUT2D eigenvalue weighted by Gasteiger charge is -2.37. The number of benzene rings is 2. The summed E-state index contributed by atoms with van der Waals surface area (Å²) in [5, 5.41) is 0. The second kappa shape index (κ2) is 7.19. The first-order chi connectivity index (χ1) is 11.9. The first kappa shape index (κ1) is 18.0. The number of hydrogen-bond acceptors (Lipinski definition) is 3. The largest absolute Gasteiger partial charge is 0.381 e. The van der Waals surface area contributed by atoms with E-state index in [0.29, 0.717) is 26.1 Å². The lowest BCUT2D eigenvalue weighted by atomic mass is 9.74. The van der Waals surface area contributed by atoms with Crippen molar-refractivity contribution in [3.05, 3.63) is 65.7 Å². The SMILES string of the molecule is O=S(=O)(NCC1(c2ccc(F)cc2)CCOCC1)c1cccc(F)c1. The fraction of sp³-hybridized carbons (Fsp3) is 0.333. The van der Waals surface area contributed by atoms with Crippen molar-refractivity contribution in [1.29, 1.82) is 0 Å². The number of nitrogens with one attached hydrogen (secondary N) is 1. The van der Waals surface area contributed by atoms with Crippen LogP contribution in [0.25, 0.3) is 0 Å². The number of rotatable bonds is 5. The predicted molar refractivity (Wildman–Crippen MR) is 89.7 cm³/mol. The molecule has 0 unspecified atom stereocenters. The zero-order valence-electron chi connectivity index (χ0n) is 13.5. The molecule has 1 fully saturated rings. The smallest absolute Gasteiger partial charge is 0.240 e. The average molecular weight is 367 g/mol. The summed E-state index contributed by atoms with van der Waals surface area (Å²) in [5.41, 5.74) is 0.381. The van der Waals surface area contributed by atoms with E-state index in [1.165, 1.54) is 30.3 Å². The molecule has 0 atom stereocenters. The Morgan fingerprint density at radius 2 is 1.68 bits per heavy atom. The highest BCUT2D eigenvalue weighted by Crippen LogP contribution is 2.34. The third-order valence-electron chi connectivity index (χ3n) is 4.61. The van der Waals surface area contributed by atoms with Crippen molar-refractivity contribution in [2.75, 3.05) is 19.8 Å². The van der Waals surface area contributed by atoms with E-state index in [1.807, 2.05) is 0 Å². The molecule has 25 heavy (non-hydrogen) atoms. The van der Waals surface area contributed by atoms with Gasteiger partial charge in [0.05, 0.1) is 4.90 Å². The van der Waals surface area contributed by atoms with Crippen LogP contribution in [0.3, 0.4) is 0 Å². The summed E-state index contributed by atoms with van der Waals surface area (Å²) >= 11 is 0. The van der Waals surface area contributed by atoms with Gasteiger partial charge in [-0.15, -0.1) is 0 Å². The average Bonchev–Trinajstić information content (AvgIpc) is 2.61. The summed E-state index contributed by atoms with van der Waals surface area (Å²) in [7, 11) is -3.84. The van der Waals surface area contributed by atoms with Crippen LogP contribution in [-0.4, -0.2) is 28.2 Å². The molecule has 2 aromatic rings.